The van der Waals surface area contributed by atoms with Gasteiger partial charge in [0.25, 0.3) is 0 Å². The second-order valence-electron chi connectivity index (χ2n) is 3.40. The van der Waals surface area contributed by atoms with Gasteiger partial charge >= 0.3 is 0 Å². The van der Waals surface area contributed by atoms with Crippen molar-refractivity contribution in [3.8, 4) is 0 Å². The quantitative estimate of drug-likeness (QED) is 0.887. The summed E-state index contributed by atoms with van der Waals surface area (Å²) in [6, 6.07) is 3.95. The molecule has 0 unspecified atom stereocenters. The topological polar surface area (TPSA) is 42.7 Å². The zero-order valence-electron chi connectivity index (χ0n) is 9.02. The SMILES string of the molecule is CCNc1ncccc1Cn1cc(Cl)cn1. The molecule has 0 aliphatic rings. The van der Waals surface area contributed by atoms with Crippen LogP contribution in [0.4, 0.5) is 5.82 Å². The molecule has 0 fully saturated rings. The van der Waals surface area contributed by atoms with Gasteiger partial charge in [0.15, 0.2) is 0 Å². The van der Waals surface area contributed by atoms with Crippen molar-refractivity contribution in [3.05, 3.63) is 41.3 Å². The molecule has 2 heterocycles. The fourth-order valence-corrected chi connectivity index (χ4v) is 1.65. The fourth-order valence-electron chi connectivity index (χ4n) is 1.49. The van der Waals surface area contributed by atoms with Gasteiger partial charge in [0.05, 0.1) is 17.8 Å². The van der Waals surface area contributed by atoms with Crippen LogP contribution in [0.1, 0.15) is 12.5 Å². The van der Waals surface area contributed by atoms with E-state index < -0.39 is 0 Å². The molecule has 2 aromatic heterocycles. The highest BCUT2D eigenvalue weighted by atomic mass is 35.5. The van der Waals surface area contributed by atoms with E-state index in [2.05, 4.69) is 15.4 Å². The maximum Gasteiger partial charge on any atom is 0.130 e. The summed E-state index contributed by atoms with van der Waals surface area (Å²) in [6.45, 7) is 3.57. The smallest absolute Gasteiger partial charge is 0.130 e. The van der Waals surface area contributed by atoms with E-state index in [1.165, 1.54) is 0 Å². The number of rotatable bonds is 4. The molecular formula is C11H13ClN4. The monoisotopic (exact) mass is 236 g/mol. The Balaban J connectivity index is 2.20. The lowest BCUT2D eigenvalue weighted by Crippen LogP contribution is -2.07. The van der Waals surface area contributed by atoms with Gasteiger partial charge in [0.2, 0.25) is 0 Å². The van der Waals surface area contributed by atoms with Gasteiger partial charge in [0, 0.05) is 24.5 Å². The number of nitrogens with zero attached hydrogens (tertiary/aromatic N) is 3. The van der Waals surface area contributed by atoms with Crippen LogP contribution in [0.2, 0.25) is 5.02 Å². The summed E-state index contributed by atoms with van der Waals surface area (Å²) in [7, 11) is 0. The van der Waals surface area contributed by atoms with Gasteiger partial charge in [0.1, 0.15) is 5.82 Å². The number of aromatic nitrogens is 3. The van der Waals surface area contributed by atoms with E-state index in [9.17, 15) is 0 Å². The first-order valence-corrected chi connectivity index (χ1v) is 5.53. The van der Waals surface area contributed by atoms with Gasteiger partial charge in [-0.2, -0.15) is 5.10 Å². The number of hydrogen-bond donors (Lipinski definition) is 1. The van der Waals surface area contributed by atoms with Crippen LogP contribution in [-0.2, 0) is 6.54 Å². The predicted octanol–water partition coefficient (Wildman–Crippen LogP) is 2.41. The Hall–Kier alpha value is -1.55. The Kier molecular flexibility index (Phi) is 3.41. The van der Waals surface area contributed by atoms with Gasteiger partial charge in [-0.3, -0.25) is 4.68 Å². The number of nitrogens with one attached hydrogen (secondary N) is 1. The van der Waals surface area contributed by atoms with Crippen LogP contribution < -0.4 is 5.32 Å². The molecule has 1 N–H and O–H groups in total. The first kappa shape index (κ1) is 11.0. The molecule has 0 radical (unpaired) electrons. The molecule has 4 nitrogen and oxygen atoms in total. The molecule has 0 atom stereocenters. The van der Waals surface area contributed by atoms with E-state index in [-0.39, 0.29) is 0 Å². The minimum Gasteiger partial charge on any atom is -0.370 e. The standard InChI is InChI=1S/C11H13ClN4/c1-2-13-11-9(4-3-5-14-11)7-16-8-10(12)6-15-16/h3-6,8H,2,7H2,1H3,(H,13,14). The Morgan fingerprint density at radius 3 is 3.06 bits per heavy atom. The molecule has 16 heavy (non-hydrogen) atoms. The van der Waals surface area contributed by atoms with Crippen molar-refractivity contribution < 1.29 is 0 Å². The second-order valence-corrected chi connectivity index (χ2v) is 3.83. The molecule has 5 heteroatoms. The molecule has 84 valence electrons. The fraction of sp³-hybridized carbons (Fsp3) is 0.273. The Morgan fingerprint density at radius 2 is 2.38 bits per heavy atom. The van der Waals surface area contributed by atoms with E-state index in [4.69, 9.17) is 11.6 Å². The highest BCUT2D eigenvalue weighted by Gasteiger charge is 2.03. The number of hydrogen-bond acceptors (Lipinski definition) is 3. The maximum absolute atomic E-state index is 5.81. The highest BCUT2D eigenvalue weighted by molar-refractivity contribution is 6.30. The van der Waals surface area contributed by atoms with Crippen LogP contribution in [0.15, 0.2) is 30.7 Å². The van der Waals surface area contributed by atoms with Crippen molar-refractivity contribution in [1.29, 1.82) is 0 Å². The lowest BCUT2D eigenvalue weighted by atomic mass is 10.2. The summed E-state index contributed by atoms with van der Waals surface area (Å²) in [5.41, 5.74) is 1.10. The molecule has 0 saturated carbocycles. The van der Waals surface area contributed by atoms with Crippen molar-refractivity contribution in [1.82, 2.24) is 14.8 Å². The summed E-state index contributed by atoms with van der Waals surface area (Å²) < 4.78 is 1.79. The first-order chi connectivity index (χ1) is 7.79. The zero-order valence-corrected chi connectivity index (χ0v) is 9.78. The zero-order chi connectivity index (χ0) is 11.4. The van der Waals surface area contributed by atoms with Crippen molar-refractivity contribution >= 4 is 17.4 Å². The Morgan fingerprint density at radius 1 is 1.50 bits per heavy atom. The van der Waals surface area contributed by atoms with Crippen LogP contribution in [0, 0.1) is 0 Å². The van der Waals surface area contributed by atoms with E-state index >= 15 is 0 Å². The largest absolute Gasteiger partial charge is 0.370 e. The molecule has 0 amide bonds. The average molecular weight is 237 g/mol. The van der Waals surface area contributed by atoms with Gasteiger partial charge in [-0.1, -0.05) is 17.7 Å². The van der Waals surface area contributed by atoms with Crippen LogP contribution in [0.3, 0.4) is 0 Å². The van der Waals surface area contributed by atoms with Gasteiger partial charge in [-0.15, -0.1) is 0 Å². The third-order valence-corrected chi connectivity index (χ3v) is 2.36. The van der Waals surface area contributed by atoms with Gasteiger partial charge in [-0.05, 0) is 13.0 Å². The van der Waals surface area contributed by atoms with Crippen molar-refractivity contribution in [2.24, 2.45) is 0 Å². The molecule has 0 aromatic carbocycles. The van der Waals surface area contributed by atoms with E-state index in [1.54, 1.807) is 23.3 Å². The molecular weight excluding hydrogens is 224 g/mol. The second kappa shape index (κ2) is 4.99. The molecule has 2 aromatic rings. The van der Waals surface area contributed by atoms with Crippen molar-refractivity contribution in [3.63, 3.8) is 0 Å². The summed E-state index contributed by atoms with van der Waals surface area (Å²) in [5.74, 6) is 0.900. The number of pyridine rings is 1. The summed E-state index contributed by atoms with van der Waals surface area (Å²) in [6.07, 6.45) is 5.20. The van der Waals surface area contributed by atoms with Crippen LogP contribution in [0.25, 0.3) is 0 Å². The summed E-state index contributed by atoms with van der Waals surface area (Å²) >= 11 is 5.81. The lowest BCUT2D eigenvalue weighted by molar-refractivity contribution is 0.685. The van der Waals surface area contributed by atoms with Gasteiger partial charge < -0.3 is 5.32 Å². The minimum absolute atomic E-state index is 0.647. The minimum atomic E-state index is 0.647. The first-order valence-electron chi connectivity index (χ1n) is 5.15. The number of anilines is 1. The summed E-state index contributed by atoms with van der Waals surface area (Å²) in [5, 5.41) is 8.01. The lowest BCUT2D eigenvalue weighted by Gasteiger charge is -2.08. The Labute approximate surface area is 99.3 Å². The molecule has 0 bridgehead atoms. The predicted molar refractivity (Wildman–Crippen MR) is 64.7 cm³/mol. The van der Waals surface area contributed by atoms with E-state index in [0.29, 0.717) is 11.6 Å². The maximum atomic E-state index is 5.81. The Bertz CT molecular complexity index is 467. The molecule has 0 saturated heterocycles. The van der Waals surface area contributed by atoms with Crippen LogP contribution in [-0.4, -0.2) is 21.3 Å². The average Bonchev–Trinajstić information content (AvgIpc) is 2.67. The highest BCUT2D eigenvalue weighted by Crippen LogP contribution is 2.14. The van der Waals surface area contributed by atoms with Crippen molar-refractivity contribution in [2.75, 3.05) is 11.9 Å². The van der Waals surface area contributed by atoms with E-state index in [1.807, 2.05) is 19.1 Å². The van der Waals surface area contributed by atoms with Crippen LogP contribution in [0.5, 0.6) is 0 Å². The molecule has 0 aliphatic carbocycles. The van der Waals surface area contributed by atoms with Gasteiger partial charge in [-0.25, -0.2) is 4.98 Å². The summed E-state index contributed by atoms with van der Waals surface area (Å²) in [4.78, 5) is 4.29. The number of halogens is 1. The third-order valence-electron chi connectivity index (χ3n) is 2.17. The van der Waals surface area contributed by atoms with Crippen LogP contribution >= 0.6 is 11.6 Å². The normalized spacial score (nSPS) is 10.4. The molecule has 0 spiro atoms. The molecule has 2 rings (SSSR count). The molecule has 0 aliphatic heterocycles. The third kappa shape index (κ3) is 2.52. The van der Waals surface area contributed by atoms with Crippen molar-refractivity contribution in [2.45, 2.75) is 13.5 Å². The van der Waals surface area contributed by atoms with E-state index in [0.717, 1.165) is 17.9 Å².